The molecule has 2 atom stereocenters. The van der Waals surface area contributed by atoms with Gasteiger partial charge in [0.1, 0.15) is 51.0 Å². The Morgan fingerprint density at radius 2 is 1.64 bits per heavy atom. The van der Waals surface area contributed by atoms with E-state index >= 15 is 4.39 Å². The van der Waals surface area contributed by atoms with E-state index in [0.717, 1.165) is 0 Å². The van der Waals surface area contributed by atoms with E-state index in [9.17, 15) is 39.4 Å². The van der Waals surface area contributed by atoms with Crippen molar-refractivity contribution >= 4 is 61.0 Å². The van der Waals surface area contributed by atoms with Crippen molar-refractivity contribution in [2.24, 2.45) is 9.36 Å². The van der Waals surface area contributed by atoms with Gasteiger partial charge < -0.3 is 4.74 Å². The third-order valence-corrected chi connectivity index (χ3v) is 18.3. The van der Waals surface area contributed by atoms with Crippen LogP contribution in [0.15, 0.2) is 20.0 Å². The van der Waals surface area contributed by atoms with Crippen LogP contribution < -0.4 is 10.5 Å². The number of nitrogens with one attached hydrogen (secondary N) is 1. The number of alkyl carbamates (subject to hydrolysis) is 1. The molecular formula is C27H41BrF6N4O6S2Si. The quantitative estimate of drug-likeness (QED) is 0.0926. The minimum absolute atomic E-state index is 0.233. The molecule has 0 spiro atoms. The molecule has 0 bridgehead atoms. The summed E-state index contributed by atoms with van der Waals surface area (Å²) < 4.78 is 132. The summed E-state index contributed by atoms with van der Waals surface area (Å²) in [5.41, 5.74) is -9.13. The first-order valence-electron chi connectivity index (χ1n) is 14.6. The molecule has 270 valence electrons. The Kier molecular flexibility index (Phi) is 12.2. The molecule has 2 heterocycles. The number of ether oxygens (including phenoxy) is 1. The second kappa shape index (κ2) is 13.9. The summed E-state index contributed by atoms with van der Waals surface area (Å²) in [6.07, 6.45) is -1.05. The lowest BCUT2D eigenvalue weighted by atomic mass is 9.98. The minimum Gasteiger partial charge on any atom is -0.444 e. The minimum atomic E-state index is -6.36. The van der Waals surface area contributed by atoms with E-state index in [1.807, 2.05) is 20.8 Å². The zero-order chi connectivity index (χ0) is 36.7. The van der Waals surface area contributed by atoms with Gasteiger partial charge in [-0.3, -0.25) is 14.5 Å². The van der Waals surface area contributed by atoms with Gasteiger partial charge in [0.2, 0.25) is 0 Å². The molecule has 2 rings (SSSR count). The number of carbonyl (C=O) groups excluding carboxylic acids is 1. The molecule has 1 amide bonds. The molecule has 0 saturated heterocycles. The molecule has 1 aliphatic heterocycles. The lowest BCUT2D eigenvalue weighted by Gasteiger charge is -2.42. The van der Waals surface area contributed by atoms with Crippen molar-refractivity contribution < 1.29 is 52.7 Å². The second-order valence-corrected chi connectivity index (χ2v) is 23.4. The predicted octanol–water partition coefficient (Wildman–Crippen LogP) is 6.60. The number of nitrogens with zero attached hydrogens (tertiary/aromatic N) is 3. The Labute approximate surface area is 281 Å². The van der Waals surface area contributed by atoms with E-state index in [0.29, 0.717) is 23.3 Å². The first kappa shape index (κ1) is 41.4. The lowest BCUT2D eigenvalue weighted by Crippen LogP contribution is -2.58. The lowest BCUT2D eigenvalue weighted by molar-refractivity contribution is -0.0690. The Balaban J connectivity index is 2.82. The van der Waals surface area contributed by atoms with Crippen molar-refractivity contribution in [1.29, 1.82) is 0 Å². The number of amidine groups is 1. The highest BCUT2D eigenvalue weighted by Gasteiger charge is 2.52. The van der Waals surface area contributed by atoms with Gasteiger partial charge in [0.05, 0.1) is 23.6 Å². The van der Waals surface area contributed by atoms with Crippen molar-refractivity contribution in [2.45, 2.75) is 108 Å². The van der Waals surface area contributed by atoms with E-state index in [-0.39, 0.29) is 16.1 Å². The van der Waals surface area contributed by atoms with Gasteiger partial charge in [-0.05, 0) is 68.7 Å². The van der Waals surface area contributed by atoms with Gasteiger partial charge in [-0.15, -0.1) is 0 Å². The van der Waals surface area contributed by atoms with Gasteiger partial charge in [0.15, 0.2) is 0 Å². The van der Waals surface area contributed by atoms with Crippen molar-refractivity contribution in [1.82, 2.24) is 10.3 Å². The number of aliphatic imine (C=N–C) groups is 1. The predicted molar refractivity (Wildman–Crippen MR) is 173 cm³/mol. The average Bonchev–Trinajstić information content (AvgIpc) is 2.91. The number of rotatable bonds is 10. The average molecular weight is 804 g/mol. The number of hydrogen-bond donors (Lipinski definition) is 1. The topological polar surface area (TPSA) is 136 Å². The maximum Gasteiger partial charge on any atom is 0.523 e. The zero-order valence-electron chi connectivity index (χ0n) is 27.6. The van der Waals surface area contributed by atoms with Crippen LogP contribution in [-0.2, 0) is 34.3 Å². The largest absolute Gasteiger partial charge is 0.523 e. The molecule has 0 fully saturated rings. The highest BCUT2D eigenvalue weighted by molar-refractivity contribution is 9.10. The molecule has 47 heavy (non-hydrogen) atoms. The smallest absolute Gasteiger partial charge is 0.444 e. The van der Waals surface area contributed by atoms with E-state index in [2.05, 4.69) is 39.8 Å². The summed E-state index contributed by atoms with van der Waals surface area (Å²) in [7, 11) is -12.9. The summed E-state index contributed by atoms with van der Waals surface area (Å²) in [6.45, 7) is 10.5. The fourth-order valence-corrected chi connectivity index (χ4v) is 12.4. The fraction of sp³-hybridized carbons (Fsp3) is 0.741. The molecule has 1 N–H and O–H groups in total. The van der Waals surface area contributed by atoms with Crippen LogP contribution in [0.4, 0.5) is 31.1 Å². The number of carbonyl (C=O) groups is 1. The van der Waals surface area contributed by atoms with Gasteiger partial charge in [0.25, 0.3) is 5.92 Å². The maximum atomic E-state index is 16.6. The Hall–Kier alpha value is -1.77. The molecule has 0 unspecified atom stereocenters. The van der Waals surface area contributed by atoms with Gasteiger partial charge in [-0.1, -0.05) is 38.9 Å². The Morgan fingerprint density at radius 3 is 2.11 bits per heavy atom. The van der Waals surface area contributed by atoms with E-state index in [1.165, 1.54) is 20.8 Å². The van der Waals surface area contributed by atoms with Crippen LogP contribution >= 0.6 is 15.9 Å². The molecule has 20 heteroatoms. The molecular weight excluding hydrogens is 762 g/mol. The SMILES string of the molecule is CC[Si](CC)(CC)c1cc(Br)nc([C@]2(C)C[S@](=O)(=NCC(F)(F)COS(=O)(=O)C(F)(F)F)C(C)(C)C(NC(=O)OC(C)(C)C)=N2)c1F. The number of pyridine rings is 1. The molecule has 1 aromatic rings. The van der Waals surface area contributed by atoms with Crippen LogP contribution in [0, 0.1) is 5.82 Å². The van der Waals surface area contributed by atoms with Crippen LogP contribution in [0.2, 0.25) is 18.1 Å². The summed E-state index contributed by atoms with van der Waals surface area (Å²) in [4.78, 5) is 21.8. The maximum absolute atomic E-state index is 16.6. The number of halogens is 7. The van der Waals surface area contributed by atoms with Gasteiger partial charge in [-0.2, -0.15) is 21.6 Å². The van der Waals surface area contributed by atoms with Crippen LogP contribution in [0.25, 0.3) is 0 Å². The van der Waals surface area contributed by atoms with Gasteiger partial charge in [-0.25, -0.2) is 31.5 Å². The highest BCUT2D eigenvalue weighted by Crippen LogP contribution is 2.40. The van der Waals surface area contributed by atoms with Crippen molar-refractivity contribution in [3.63, 3.8) is 0 Å². The monoisotopic (exact) mass is 802 g/mol. The third-order valence-electron chi connectivity index (χ3n) is 8.07. The second-order valence-electron chi connectivity index (χ2n) is 13.0. The van der Waals surface area contributed by atoms with Crippen LogP contribution in [0.1, 0.15) is 68.0 Å². The molecule has 0 aliphatic carbocycles. The first-order chi connectivity index (χ1) is 21.0. The van der Waals surface area contributed by atoms with Crippen LogP contribution in [-0.4, -0.2) is 78.3 Å². The van der Waals surface area contributed by atoms with E-state index in [4.69, 9.17) is 4.74 Å². The van der Waals surface area contributed by atoms with Crippen LogP contribution in [0.3, 0.4) is 0 Å². The standard InChI is InChI=1S/C27H41BrF6N4O6S2Si/c1-10-47(11-2,12-3)17-13-18(28)36-20(19(17)29)25(9)16-45(40,24(7,8)21(38-25)37-22(39)44-23(4,5)6)35-14-26(30,31)15-43-46(41,42)27(32,33)34/h13H,10-12,14-16H2,1-9H3,(H,37,38,39)/t25-,45+/m0/s1. The molecule has 0 saturated carbocycles. The Morgan fingerprint density at radius 1 is 1.11 bits per heavy atom. The number of alkyl halides is 5. The van der Waals surface area contributed by atoms with Crippen molar-refractivity contribution in [3.8, 4) is 0 Å². The molecule has 1 aromatic heterocycles. The highest BCUT2D eigenvalue weighted by atomic mass is 79.9. The summed E-state index contributed by atoms with van der Waals surface area (Å²) in [5, 5.41) is 2.82. The zero-order valence-corrected chi connectivity index (χ0v) is 31.8. The number of amides is 1. The fourth-order valence-electron chi connectivity index (χ4n) is 5.07. The number of aromatic nitrogens is 1. The van der Waals surface area contributed by atoms with Crippen LogP contribution in [0.5, 0.6) is 0 Å². The molecule has 1 aliphatic rings. The van der Waals surface area contributed by atoms with Crippen molar-refractivity contribution in [2.75, 3.05) is 18.9 Å². The first-order valence-corrected chi connectivity index (χ1v) is 21.1. The van der Waals surface area contributed by atoms with Gasteiger partial charge in [0, 0.05) is 0 Å². The Bertz CT molecular complexity index is 1610. The summed E-state index contributed by atoms with van der Waals surface area (Å²) >= 11 is 3.33. The normalized spacial score (nSPS) is 22.4. The van der Waals surface area contributed by atoms with E-state index in [1.54, 1.807) is 26.8 Å². The van der Waals surface area contributed by atoms with E-state index < -0.39 is 86.1 Å². The number of hydrogen-bond acceptors (Lipinski definition) is 9. The molecule has 0 radical (unpaired) electrons. The molecule has 10 nitrogen and oxygen atoms in total. The van der Waals surface area contributed by atoms with Crippen molar-refractivity contribution in [3.05, 3.63) is 22.2 Å². The van der Waals surface area contributed by atoms with Gasteiger partial charge >= 0.3 is 21.7 Å². The summed E-state index contributed by atoms with van der Waals surface area (Å²) in [6, 6.07) is 3.62. The molecule has 0 aromatic carbocycles. The summed E-state index contributed by atoms with van der Waals surface area (Å²) in [5.74, 6) is -6.14. The third kappa shape index (κ3) is 9.07.